The van der Waals surface area contributed by atoms with E-state index in [2.05, 4.69) is 10.6 Å². The van der Waals surface area contributed by atoms with E-state index in [1.807, 2.05) is 13.0 Å². The van der Waals surface area contributed by atoms with Crippen molar-refractivity contribution in [3.63, 3.8) is 0 Å². The van der Waals surface area contributed by atoms with Gasteiger partial charge in [-0.1, -0.05) is 12.1 Å². The molecule has 1 fully saturated rings. The van der Waals surface area contributed by atoms with Gasteiger partial charge in [-0.3, -0.25) is 4.79 Å². The van der Waals surface area contributed by atoms with Crippen LogP contribution in [0, 0.1) is 5.82 Å². The van der Waals surface area contributed by atoms with Gasteiger partial charge in [0.1, 0.15) is 5.82 Å². The maximum Gasteiger partial charge on any atom is 0.234 e. The Morgan fingerprint density at radius 3 is 2.94 bits per heavy atom. The largest absolute Gasteiger partial charge is 0.348 e. The van der Waals surface area contributed by atoms with Crippen LogP contribution in [0.1, 0.15) is 31.4 Å². The number of rotatable bonds is 5. The van der Waals surface area contributed by atoms with E-state index in [0.717, 1.165) is 18.4 Å². The zero-order valence-electron chi connectivity index (χ0n) is 9.87. The molecule has 1 atom stereocenters. The van der Waals surface area contributed by atoms with Gasteiger partial charge in [0.2, 0.25) is 5.91 Å². The maximum absolute atomic E-state index is 13.0. The van der Waals surface area contributed by atoms with Crippen LogP contribution < -0.4 is 10.6 Å². The van der Waals surface area contributed by atoms with Gasteiger partial charge in [-0.2, -0.15) is 0 Å². The van der Waals surface area contributed by atoms with Crippen LogP contribution in [-0.4, -0.2) is 18.5 Å². The Labute approximate surface area is 100 Å². The summed E-state index contributed by atoms with van der Waals surface area (Å²) in [6.45, 7) is 2.19. The van der Waals surface area contributed by atoms with Gasteiger partial charge in [-0.15, -0.1) is 0 Å². The summed E-state index contributed by atoms with van der Waals surface area (Å²) >= 11 is 0. The number of nitrogens with one attached hydrogen (secondary N) is 2. The second-order valence-electron chi connectivity index (χ2n) is 4.50. The molecule has 0 heterocycles. The van der Waals surface area contributed by atoms with Crippen LogP contribution in [0.2, 0.25) is 0 Å². The van der Waals surface area contributed by atoms with Crippen molar-refractivity contribution in [2.45, 2.75) is 31.8 Å². The topological polar surface area (TPSA) is 41.1 Å². The molecule has 2 N–H and O–H groups in total. The predicted octanol–water partition coefficient (Wildman–Crippen LogP) is 1.75. The van der Waals surface area contributed by atoms with Crippen LogP contribution >= 0.6 is 0 Å². The summed E-state index contributed by atoms with van der Waals surface area (Å²) in [5.74, 6) is -0.326. The normalized spacial score (nSPS) is 16.6. The smallest absolute Gasteiger partial charge is 0.234 e. The molecule has 0 aromatic heterocycles. The molecule has 17 heavy (non-hydrogen) atoms. The van der Waals surface area contributed by atoms with E-state index in [1.165, 1.54) is 12.1 Å². The summed E-state index contributed by atoms with van der Waals surface area (Å²) in [5.41, 5.74) is 0.782. The number of halogens is 1. The van der Waals surface area contributed by atoms with Crippen LogP contribution in [0.4, 0.5) is 4.39 Å². The van der Waals surface area contributed by atoms with Gasteiger partial charge in [-0.25, -0.2) is 4.39 Å². The molecule has 1 aliphatic rings. The molecule has 1 saturated carbocycles. The highest BCUT2D eigenvalue weighted by molar-refractivity contribution is 5.78. The maximum atomic E-state index is 13.0. The highest BCUT2D eigenvalue weighted by Crippen LogP contribution is 2.18. The summed E-state index contributed by atoms with van der Waals surface area (Å²) in [6.07, 6.45) is 2.32. The van der Waals surface area contributed by atoms with E-state index >= 15 is 0 Å². The molecule has 1 amide bonds. The molecule has 0 saturated heterocycles. The van der Waals surface area contributed by atoms with Crippen LogP contribution in [0.3, 0.4) is 0 Å². The summed E-state index contributed by atoms with van der Waals surface area (Å²) in [6, 6.07) is 6.65. The Bertz CT molecular complexity index is 404. The minimum atomic E-state index is -0.278. The minimum Gasteiger partial charge on any atom is -0.348 e. The number of benzene rings is 1. The van der Waals surface area contributed by atoms with Gasteiger partial charge in [0.15, 0.2) is 0 Å². The molecule has 1 aromatic carbocycles. The number of carbonyl (C=O) groups is 1. The Balaban J connectivity index is 1.82. The van der Waals surface area contributed by atoms with E-state index in [-0.39, 0.29) is 17.8 Å². The van der Waals surface area contributed by atoms with Crippen LogP contribution in [0.25, 0.3) is 0 Å². The first-order valence-corrected chi connectivity index (χ1v) is 5.93. The molecule has 4 heteroatoms. The van der Waals surface area contributed by atoms with E-state index in [4.69, 9.17) is 0 Å². The molecular formula is C13H17FN2O. The first-order chi connectivity index (χ1) is 8.15. The second kappa shape index (κ2) is 5.27. The van der Waals surface area contributed by atoms with Crippen LogP contribution in [0.5, 0.6) is 0 Å². The molecule has 92 valence electrons. The van der Waals surface area contributed by atoms with Gasteiger partial charge in [0.05, 0.1) is 12.6 Å². The number of hydrogen-bond acceptors (Lipinski definition) is 2. The van der Waals surface area contributed by atoms with Crippen molar-refractivity contribution in [1.29, 1.82) is 0 Å². The summed E-state index contributed by atoms with van der Waals surface area (Å²) in [7, 11) is 0. The minimum absolute atomic E-state index is 0.0475. The Morgan fingerprint density at radius 2 is 2.29 bits per heavy atom. The van der Waals surface area contributed by atoms with Crippen molar-refractivity contribution >= 4 is 5.91 Å². The first-order valence-electron chi connectivity index (χ1n) is 5.93. The van der Waals surface area contributed by atoms with Crippen molar-refractivity contribution in [3.8, 4) is 0 Å². The summed E-state index contributed by atoms with van der Waals surface area (Å²) in [5, 5.41) is 5.98. The molecule has 0 unspecified atom stereocenters. The second-order valence-corrected chi connectivity index (χ2v) is 4.50. The van der Waals surface area contributed by atoms with Gasteiger partial charge < -0.3 is 10.6 Å². The zero-order valence-corrected chi connectivity index (χ0v) is 9.87. The van der Waals surface area contributed by atoms with Crippen molar-refractivity contribution < 1.29 is 9.18 Å². The average molecular weight is 236 g/mol. The first kappa shape index (κ1) is 12.0. The number of hydrogen-bond donors (Lipinski definition) is 2. The average Bonchev–Trinajstić information content (AvgIpc) is 3.10. The van der Waals surface area contributed by atoms with Crippen molar-refractivity contribution in [2.75, 3.05) is 6.54 Å². The molecule has 0 radical (unpaired) electrons. The van der Waals surface area contributed by atoms with Crippen molar-refractivity contribution in [2.24, 2.45) is 0 Å². The third-order valence-electron chi connectivity index (χ3n) is 2.85. The lowest BCUT2D eigenvalue weighted by Crippen LogP contribution is -2.36. The van der Waals surface area contributed by atoms with Crippen molar-refractivity contribution in [3.05, 3.63) is 35.6 Å². The van der Waals surface area contributed by atoms with Gasteiger partial charge >= 0.3 is 0 Å². The molecule has 0 aliphatic heterocycles. The third-order valence-corrected chi connectivity index (χ3v) is 2.85. The predicted molar refractivity (Wildman–Crippen MR) is 64.0 cm³/mol. The molecule has 1 aliphatic carbocycles. The van der Waals surface area contributed by atoms with E-state index in [9.17, 15) is 9.18 Å². The lowest BCUT2D eigenvalue weighted by Gasteiger charge is -2.14. The van der Waals surface area contributed by atoms with Crippen LogP contribution in [-0.2, 0) is 4.79 Å². The highest BCUT2D eigenvalue weighted by Gasteiger charge is 2.21. The number of carbonyl (C=O) groups excluding carboxylic acids is 1. The lowest BCUT2D eigenvalue weighted by atomic mass is 10.1. The molecule has 3 nitrogen and oxygen atoms in total. The van der Waals surface area contributed by atoms with Crippen molar-refractivity contribution in [1.82, 2.24) is 10.6 Å². The zero-order chi connectivity index (χ0) is 12.3. The summed E-state index contributed by atoms with van der Waals surface area (Å²) in [4.78, 5) is 11.6. The molecule has 0 spiro atoms. The fraction of sp³-hybridized carbons (Fsp3) is 0.462. The van der Waals surface area contributed by atoms with E-state index < -0.39 is 0 Å². The Hall–Kier alpha value is -1.42. The summed E-state index contributed by atoms with van der Waals surface area (Å²) < 4.78 is 13.0. The SMILES string of the molecule is C[C@@H](NC(=O)CNC1CC1)c1cccc(F)c1. The Morgan fingerprint density at radius 1 is 1.53 bits per heavy atom. The monoisotopic (exact) mass is 236 g/mol. The quantitative estimate of drug-likeness (QED) is 0.818. The van der Waals surface area contributed by atoms with E-state index in [1.54, 1.807) is 6.07 Å². The fourth-order valence-electron chi connectivity index (χ4n) is 1.68. The fourth-order valence-corrected chi connectivity index (χ4v) is 1.68. The van der Waals surface area contributed by atoms with Gasteiger partial charge in [-0.05, 0) is 37.5 Å². The highest BCUT2D eigenvalue weighted by atomic mass is 19.1. The molecule has 1 aromatic rings. The van der Waals surface area contributed by atoms with E-state index in [0.29, 0.717) is 12.6 Å². The van der Waals surface area contributed by atoms with Gasteiger partial charge in [0, 0.05) is 6.04 Å². The van der Waals surface area contributed by atoms with Gasteiger partial charge in [0.25, 0.3) is 0 Å². The third kappa shape index (κ3) is 3.82. The molecule has 0 bridgehead atoms. The molecule has 2 rings (SSSR count). The number of amides is 1. The van der Waals surface area contributed by atoms with Crippen LogP contribution in [0.15, 0.2) is 24.3 Å². The molecular weight excluding hydrogens is 219 g/mol. The Kier molecular flexibility index (Phi) is 3.74. The standard InChI is InChI=1S/C13H17FN2O/c1-9(10-3-2-4-11(14)7-10)16-13(17)8-15-12-5-6-12/h2-4,7,9,12,15H,5-6,8H2,1H3,(H,16,17)/t9-/m1/s1. The lowest BCUT2D eigenvalue weighted by molar-refractivity contribution is -0.120.